The van der Waals surface area contributed by atoms with Gasteiger partial charge in [0.2, 0.25) is 0 Å². The molecule has 0 radical (unpaired) electrons. The Bertz CT molecular complexity index is 357. The van der Waals surface area contributed by atoms with E-state index in [2.05, 4.69) is 29.5 Å². The van der Waals surface area contributed by atoms with Crippen molar-refractivity contribution in [2.75, 3.05) is 0 Å². The first-order valence-electron chi connectivity index (χ1n) is 7.52. The normalized spacial score (nSPS) is 17.8. The van der Waals surface area contributed by atoms with Crippen molar-refractivity contribution in [1.82, 2.24) is 10.3 Å². The predicted octanol–water partition coefficient (Wildman–Crippen LogP) is 3.88. The van der Waals surface area contributed by atoms with Crippen LogP contribution in [0.2, 0.25) is 0 Å². The van der Waals surface area contributed by atoms with Crippen molar-refractivity contribution in [1.29, 1.82) is 0 Å². The lowest BCUT2D eigenvalue weighted by molar-refractivity contribution is 0.0294. The number of thiazole rings is 1. The van der Waals surface area contributed by atoms with Gasteiger partial charge in [-0.3, -0.25) is 0 Å². The van der Waals surface area contributed by atoms with Crippen molar-refractivity contribution < 1.29 is 4.74 Å². The van der Waals surface area contributed by atoms with Gasteiger partial charge in [0.15, 0.2) is 0 Å². The summed E-state index contributed by atoms with van der Waals surface area (Å²) in [6.07, 6.45) is 8.32. The molecule has 1 N–H and O–H groups in total. The fourth-order valence-electron chi connectivity index (χ4n) is 2.40. The lowest BCUT2D eigenvalue weighted by Gasteiger charge is -2.14. The molecule has 0 atom stereocenters. The van der Waals surface area contributed by atoms with Gasteiger partial charge in [-0.1, -0.05) is 39.5 Å². The zero-order valence-corrected chi connectivity index (χ0v) is 13.0. The Balaban J connectivity index is 1.73. The molecule has 1 heterocycles. The maximum atomic E-state index is 6.01. The van der Waals surface area contributed by atoms with E-state index in [1.165, 1.54) is 38.5 Å². The third kappa shape index (κ3) is 5.59. The average molecular weight is 282 g/mol. The predicted molar refractivity (Wildman–Crippen MR) is 80.4 cm³/mol. The molecule has 0 aliphatic heterocycles. The minimum Gasteiger partial charge on any atom is -0.372 e. The summed E-state index contributed by atoms with van der Waals surface area (Å²) in [5.41, 5.74) is 1.09. The van der Waals surface area contributed by atoms with Gasteiger partial charge in [-0.25, -0.2) is 4.98 Å². The fraction of sp³-hybridized carbons (Fsp3) is 0.800. The number of nitrogens with one attached hydrogen (secondary N) is 1. The molecule has 1 aliphatic rings. The van der Waals surface area contributed by atoms with E-state index >= 15 is 0 Å². The molecule has 0 saturated heterocycles. The van der Waals surface area contributed by atoms with Crippen LogP contribution in [0.1, 0.15) is 63.1 Å². The van der Waals surface area contributed by atoms with Gasteiger partial charge in [0.05, 0.1) is 18.4 Å². The number of hydrogen-bond donors (Lipinski definition) is 1. The van der Waals surface area contributed by atoms with E-state index in [4.69, 9.17) is 4.74 Å². The summed E-state index contributed by atoms with van der Waals surface area (Å²) in [5, 5.41) is 6.69. The summed E-state index contributed by atoms with van der Waals surface area (Å²) in [5.74, 6) is 0. The van der Waals surface area contributed by atoms with E-state index in [-0.39, 0.29) is 0 Å². The third-order valence-corrected chi connectivity index (χ3v) is 4.43. The highest BCUT2D eigenvalue weighted by molar-refractivity contribution is 7.09. The van der Waals surface area contributed by atoms with Crippen LogP contribution in [-0.2, 0) is 17.9 Å². The zero-order chi connectivity index (χ0) is 13.5. The summed E-state index contributed by atoms with van der Waals surface area (Å²) in [6.45, 7) is 5.86. The molecule has 1 aliphatic carbocycles. The fourth-order valence-corrected chi connectivity index (χ4v) is 3.13. The summed E-state index contributed by atoms with van der Waals surface area (Å²) in [6, 6.07) is 0.509. The maximum absolute atomic E-state index is 6.01. The molecule has 1 fully saturated rings. The second-order valence-corrected chi connectivity index (χ2v) is 6.64. The van der Waals surface area contributed by atoms with Crippen LogP contribution < -0.4 is 5.32 Å². The molecular formula is C15H26N2OS. The Morgan fingerprint density at radius 1 is 1.32 bits per heavy atom. The molecule has 0 amide bonds. The molecule has 0 spiro atoms. The molecular weight excluding hydrogens is 256 g/mol. The average Bonchev–Trinajstić information content (AvgIpc) is 2.68. The van der Waals surface area contributed by atoms with Gasteiger partial charge in [-0.15, -0.1) is 11.3 Å². The van der Waals surface area contributed by atoms with Gasteiger partial charge < -0.3 is 10.1 Å². The van der Waals surface area contributed by atoms with Gasteiger partial charge in [0, 0.05) is 18.0 Å². The van der Waals surface area contributed by atoms with Crippen LogP contribution in [0.3, 0.4) is 0 Å². The first-order valence-corrected chi connectivity index (χ1v) is 8.40. The SMILES string of the molecule is CC(C)NCc1nc(COC2CCCCCC2)cs1. The monoisotopic (exact) mass is 282 g/mol. The van der Waals surface area contributed by atoms with Crippen LogP contribution in [0.4, 0.5) is 0 Å². The molecule has 3 nitrogen and oxygen atoms in total. The number of hydrogen-bond acceptors (Lipinski definition) is 4. The number of aromatic nitrogens is 1. The highest BCUT2D eigenvalue weighted by Crippen LogP contribution is 2.21. The van der Waals surface area contributed by atoms with Crippen molar-refractivity contribution in [2.24, 2.45) is 0 Å². The lowest BCUT2D eigenvalue weighted by Crippen LogP contribution is -2.21. The minimum atomic E-state index is 0.460. The quantitative estimate of drug-likeness (QED) is 0.804. The molecule has 4 heteroatoms. The Morgan fingerprint density at radius 2 is 2.05 bits per heavy atom. The van der Waals surface area contributed by atoms with Crippen molar-refractivity contribution in [3.63, 3.8) is 0 Å². The van der Waals surface area contributed by atoms with Gasteiger partial charge >= 0.3 is 0 Å². The molecule has 108 valence electrons. The van der Waals surface area contributed by atoms with Gasteiger partial charge in [0.1, 0.15) is 5.01 Å². The second-order valence-electron chi connectivity index (χ2n) is 5.69. The van der Waals surface area contributed by atoms with E-state index in [0.717, 1.165) is 17.2 Å². The Kier molecular flexibility index (Phi) is 6.28. The van der Waals surface area contributed by atoms with Gasteiger partial charge in [-0.2, -0.15) is 0 Å². The summed E-state index contributed by atoms with van der Waals surface area (Å²) < 4.78 is 6.01. The Hall–Kier alpha value is -0.450. The van der Waals surface area contributed by atoms with E-state index < -0.39 is 0 Å². The van der Waals surface area contributed by atoms with Crippen molar-refractivity contribution in [3.8, 4) is 0 Å². The van der Waals surface area contributed by atoms with Crippen LogP contribution in [0.5, 0.6) is 0 Å². The standard InChI is InChI=1S/C15H26N2OS/c1-12(2)16-9-15-17-13(11-19-15)10-18-14-7-5-3-4-6-8-14/h11-12,14,16H,3-10H2,1-2H3. The van der Waals surface area contributed by atoms with E-state index in [1.54, 1.807) is 11.3 Å². The maximum Gasteiger partial charge on any atom is 0.107 e. The largest absolute Gasteiger partial charge is 0.372 e. The van der Waals surface area contributed by atoms with Crippen molar-refractivity contribution >= 4 is 11.3 Å². The van der Waals surface area contributed by atoms with Crippen LogP contribution in [-0.4, -0.2) is 17.1 Å². The van der Waals surface area contributed by atoms with Crippen LogP contribution >= 0.6 is 11.3 Å². The van der Waals surface area contributed by atoms with E-state index in [0.29, 0.717) is 18.8 Å². The molecule has 0 unspecified atom stereocenters. The Labute approximate surface area is 120 Å². The first-order chi connectivity index (χ1) is 9.24. The molecule has 0 aromatic carbocycles. The number of rotatable bonds is 6. The topological polar surface area (TPSA) is 34.2 Å². The third-order valence-electron chi connectivity index (χ3n) is 3.53. The molecule has 1 saturated carbocycles. The van der Waals surface area contributed by atoms with Crippen molar-refractivity contribution in [2.45, 2.75) is 77.7 Å². The highest BCUT2D eigenvalue weighted by Gasteiger charge is 2.13. The van der Waals surface area contributed by atoms with Gasteiger partial charge in [-0.05, 0) is 12.8 Å². The zero-order valence-electron chi connectivity index (χ0n) is 12.2. The summed E-state index contributed by atoms with van der Waals surface area (Å²) in [7, 11) is 0. The molecule has 1 aromatic rings. The summed E-state index contributed by atoms with van der Waals surface area (Å²) >= 11 is 1.73. The lowest BCUT2D eigenvalue weighted by atomic mass is 10.1. The molecule has 19 heavy (non-hydrogen) atoms. The molecule has 0 bridgehead atoms. The van der Waals surface area contributed by atoms with E-state index in [1.807, 2.05) is 0 Å². The first kappa shape index (κ1) is 14.9. The summed E-state index contributed by atoms with van der Waals surface area (Å²) in [4.78, 5) is 4.62. The van der Waals surface area contributed by atoms with E-state index in [9.17, 15) is 0 Å². The van der Waals surface area contributed by atoms with Crippen LogP contribution in [0.25, 0.3) is 0 Å². The minimum absolute atomic E-state index is 0.460. The highest BCUT2D eigenvalue weighted by atomic mass is 32.1. The van der Waals surface area contributed by atoms with Crippen molar-refractivity contribution in [3.05, 3.63) is 16.1 Å². The number of nitrogens with zero attached hydrogens (tertiary/aromatic N) is 1. The smallest absolute Gasteiger partial charge is 0.107 e. The molecule has 1 aromatic heterocycles. The second kappa shape index (κ2) is 7.98. The Morgan fingerprint density at radius 3 is 2.74 bits per heavy atom. The number of ether oxygens (including phenoxy) is 1. The van der Waals surface area contributed by atoms with Crippen LogP contribution in [0.15, 0.2) is 5.38 Å². The van der Waals surface area contributed by atoms with Crippen LogP contribution in [0, 0.1) is 0 Å². The molecule has 2 rings (SSSR count). The van der Waals surface area contributed by atoms with Gasteiger partial charge in [0.25, 0.3) is 0 Å².